The number of methoxy groups -OCH3 is 1. The summed E-state index contributed by atoms with van der Waals surface area (Å²) in [4.78, 5) is 12.9. The lowest BCUT2D eigenvalue weighted by Crippen LogP contribution is -2.40. The Kier molecular flexibility index (Phi) is 9.96. The molecule has 0 heterocycles. The summed E-state index contributed by atoms with van der Waals surface area (Å²) in [6, 6.07) is 14.7. The van der Waals surface area contributed by atoms with Crippen LogP contribution in [0, 0.1) is 13.8 Å². The lowest BCUT2D eigenvalue weighted by Gasteiger charge is -2.25. The van der Waals surface area contributed by atoms with Crippen LogP contribution in [0.25, 0.3) is 0 Å². The Morgan fingerprint density at radius 2 is 1.89 bits per heavy atom. The third-order valence-electron chi connectivity index (χ3n) is 5.40. The van der Waals surface area contributed by atoms with Gasteiger partial charge in [-0.3, -0.25) is 9.10 Å². The van der Waals surface area contributed by atoms with Gasteiger partial charge in [-0.1, -0.05) is 48.0 Å². The highest BCUT2D eigenvalue weighted by molar-refractivity contribution is 9.10. The second-order valence-electron chi connectivity index (χ2n) is 8.14. The molecule has 200 valence electrons. The van der Waals surface area contributed by atoms with Crippen LogP contribution < -0.4 is 19.2 Å². The summed E-state index contributed by atoms with van der Waals surface area (Å²) in [5.41, 5.74) is 4.73. The summed E-state index contributed by atoms with van der Waals surface area (Å²) in [5, 5.41) is 4.38. The summed E-state index contributed by atoms with van der Waals surface area (Å²) in [6.45, 7) is 6.96. The summed E-state index contributed by atoms with van der Waals surface area (Å²) >= 11 is 9.70. The number of carbonyl (C=O) groups excluding carboxylic acids is 1. The van der Waals surface area contributed by atoms with Gasteiger partial charge >= 0.3 is 0 Å². The predicted molar refractivity (Wildman–Crippen MR) is 154 cm³/mol. The fraction of sp³-hybridized carbons (Fsp3) is 0.185. The molecule has 0 aromatic heterocycles. The third kappa shape index (κ3) is 6.94. The topological polar surface area (TPSA) is 97.3 Å². The number of nitrogens with zero attached hydrogens (tertiary/aromatic N) is 2. The number of nitrogens with one attached hydrogen (secondary N) is 1. The first-order valence-electron chi connectivity index (χ1n) is 11.4. The second-order valence-corrected chi connectivity index (χ2v) is 11.3. The number of ether oxygens (including phenoxy) is 2. The van der Waals surface area contributed by atoms with Gasteiger partial charge < -0.3 is 9.47 Å². The van der Waals surface area contributed by atoms with Gasteiger partial charge in [-0.05, 0) is 77.3 Å². The maximum atomic E-state index is 13.6. The van der Waals surface area contributed by atoms with Gasteiger partial charge in [-0.15, -0.1) is 0 Å². The number of halogens is 2. The largest absolute Gasteiger partial charge is 0.493 e. The number of hydrogen-bond donors (Lipinski definition) is 1. The molecule has 0 aliphatic heterocycles. The number of anilines is 1. The minimum Gasteiger partial charge on any atom is -0.493 e. The van der Waals surface area contributed by atoms with Crippen molar-refractivity contribution in [3.05, 3.63) is 93.4 Å². The van der Waals surface area contributed by atoms with Gasteiger partial charge in [0.15, 0.2) is 11.5 Å². The van der Waals surface area contributed by atoms with E-state index in [0.717, 1.165) is 9.87 Å². The minimum absolute atomic E-state index is 0.0504. The first-order valence-corrected chi connectivity index (χ1v) is 14.0. The first kappa shape index (κ1) is 29.2. The molecule has 0 aliphatic carbocycles. The van der Waals surface area contributed by atoms with Crippen LogP contribution in [0.4, 0.5) is 5.69 Å². The lowest BCUT2D eigenvalue weighted by atomic mass is 10.2. The van der Waals surface area contributed by atoms with Crippen molar-refractivity contribution in [2.75, 3.05) is 24.6 Å². The van der Waals surface area contributed by atoms with Gasteiger partial charge in [-0.2, -0.15) is 5.10 Å². The molecular formula is C27H27BrClN3O5S. The van der Waals surface area contributed by atoms with Crippen molar-refractivity contribution in [2.45, 2.75) is 18.7 Å². The smallest absolute Gasteiger partial charge is 0.264 e. The standard InChI is InChI=1S/C27H27BrClN3O5S/c1-5-13-37-27-22(28)14-20(15-25(27)36-4)16-30-31-26(33)17-32(24-8-6-7-23(29)19(24)3)38(34,35)21-11-9-18(2)10-12-21/h5-12,14-16H,1,13,17H2,2-4H3,(H,31,33)/b30-16-. The quantitative estimate of drug-likeness (QED) is 0.170. The molecule has 3 aromatic rings. The molecule has 0 saturated carbocycles. The van der Waals surface area contributed by atoms with Gasteiger partial charge in [0.25, 0.3) is 15.9 Å². The Hall–Kier alpha value is -3.34. The Labute approximate surface area is 236 Å². The molecule has 3 aromatic carbocycles. The molecule has 8 nitrogen and oxygen atoms in total. The van der Waals surface area contributed by atoms with Gasteiger partial charge in [0.2, 0.25) is 0 Å². The van der Waals surface area contributed by atoms with E-state index in [1.54, 1.807) is 55.5 Å². The molecule has 0 radical (unpaired) electrons. The summed E-state index contributed by atoms with van der Waals surface area (Å²) < 4.78 is 39.8. The zero-order valence-electron chi connectivity index (χ0n) is 21.1. The average molecular weight is 621 g/mol. The second kappa shape index (κ2) is 12.9. The van der Waals surface area contributed by atoms with E-state index >= 15 is 0 Å². The van der Waals surface area contributed by atoms with Gasteiger partial charge in [-0.25, -0.2) is 13.8 Å². The van der Waals surface area contributed by atoms with E-state index in [1.165, 1.54) is 25.5 Å². The van der Waals surface area contributed by atoms with Crippen molar-refractivity contribution < 1.29 is 22.7 Å². The Morgan fingerprint density at radius 1 is 1.18 bits per heavy atom. The molecule has 38 heavy (non-hydrogen) atoms. The number of hydrogen-bond acceptors (Lipinski definition) is 6. The SMILES string of the molecule is C=CCOc1c(Br)cc(/C=N\NC(=O)CN(c2cccc(Cl)c2C)S(=O)(=O)c2ccc(C)cc2)cc1OC. The Bertz CT molecular complexity index is 1460. The minimum atomic E-state index is -4.09. The van der Waals surface area contributed by atoms with E-state index in [-0.39, 0.29) is 4.90 Å². The number of sulfonamides is 1. The molecule has 0 bridgehead atoms. The molecule has 0 aliphatic rings. The Morgan fingerprint density at radius 3 is 2.55 bits per heavy atom. The van der Waals surface area contributed by atoms with Crippen LogP contribution in [0.2, 0.25) is 5.02 Å². The van der Waals surface area contributed by atoms with Crippen molar-refractivity contribution in [1.82, 2.24) is 5.43 Å². The van der Waals surface area contributed by atoms with Crippen LogP contribution in [0.1, 0.15) is 16.7 Å². The highest BCUT2D eigenvalue weighted by atomic mass is 79.9. The number of carbonyl (C=O) groups is 1. The fourth-order valence-electron chi connectivity index (χ4n) is 3.44. The van der Waals surface area contributed by atoms with Crippen molar-refractivity contribution in [3.63, 3.8) is 0 Å². The van der Waals surface area contributed by atoms with E-state index in [4.69, 9.17) is 21.1 Å². The molecule has 0 unspecified atom stereocenters. The summed E-state index contributed by atoms with van der Waals surface area (Å²) in [6.07, 6.45) is 3.02. The number of aryl methyl sites for hydroxylation is 1. The van der Waals surface area contributed by atoms with Gasteiger partial charge in [0, 0.05) is 5.02 Å². The number of rotatable bonds is 11. The normalized spacial score (nSPS) is 11.3. The van der Waals surface area contributed by atoms with Crippen molar-refractivity contribution in [1.29, 1.82) is 0 Å². The highest BCUT2D eigenvalue weighted by Gasteiger charge is 2.28. The zero-order valence-corrected chi connectivity index (χ0v) is 24.2. The molecule has 0 fully saturated rings. The van der Waals surface area contributed by atoms with E-state index in [0.29, 0.717) is 44.4 Å². The van der Waals surface area contributed by atoms with Gasteiger partial charge in [0.05, 0.1) is 28.4 Å². The van der Waals surface area contributed by atoms with Crippen LogP contribution in [0.5, 0.6) is 11.5 Å². The molecule has 0 saturated heterocycles. The van der Waals surface area contributed by atoms with Crippen molar-refractivity contribution in [3.8, 4) is 11.5 Å². The van der Waals surface area contributed by atoms with Crippen LogP contribution in [0.3, 0.4) is 0 Å². The van der Waals surface area contributed by atoms with Crippen molar-refractivity contribution >= 4 is 55.4 Å². The van der Waals surface area contributed by atoms with Crippen LogP contribution in [-0.4, -0.2) is 40.8 Å². The van der Waals surface area contributed by atoms with E-state index < -0.39 is 22.5 Å². The third-order valence-corrected chi connectivity index (χ3v) is 8.18. The molecule has 0 spiro atoms. The highest BCUT2D eigenvalue weighted by Crippen LogP contribution is 2.36. The molecule has 1 amide bonds. The molecular weight excluding hydrogens is 594 g/mol. The van der Waals surface area contributed by atoms with Crippen LogP contribution in [-0.2, 0) is 14.8 Å². The molecule has 11 heteroatoms. The van der Waals surface area contributed by atoms with E-state index in [1.807, 2.05) is 6.92 Å². The number of benzene rings is 3. The zero-order chi connectivity index (χ0) is 27.9. The fourth-order valence-corrected chi connectivity index (χ4v) is 5.67. The molecule has 1 N–H and O–H groups in total. The molecule has 0 atom stereocenters. The monoisotopic (exact) mass is 619 g/mol. The number of amides is 1. The van der Waals surface area contributed by atoms with Crippen LogP contribution >= 0.6 is 27.5 Å². The summed E-state index contributed by atoms with van der Waals surface area (Å²) in [7, 11) is -2.59. The Balaban J connectivity index is 1.86. The maximum Gasteiger partial charge on any atom is 0.264 e. The van der Waals surface area contributed by atoms with Crippen LogP contribution in [0.15, 0.2) is 81.7 Å². The predicted octanol–water partition coefficient (Wildman–Crippen LogP) is 5.64. The number of hydrazone groups is 1. The van der Waals surface area contributed by atoms with E-state index in [9.17, 15) is 13.2 Å². The first-order chi connectivity index (χ1) is 18.1. The average Bonchev–Trinajstić information content (AvgIpc) is 2.88. The molecule has 3 rings (SSSR count). The maximum absolute atomic E-state index is 13.6. The van der Waals surface area contributed by atoms with Crippen molar-refractivity contribution in [2.24, 2.45) is 5.10 Å². The van der Waals surface area contributed by atoms with E-state index in [2.05, 4.69) is 33.0 Å². The summed E-state index contributed by atoms with van der Waals surface area (Å²) in [5.74, 6) is 0.316. The van der Waals surface area contributed by atoms with Gasteiger partial charge in [0.1, 0.15) is 13.2 Å². The lowest BCUT2D eigenvalue weighted by molar-refractivity contribution is -0.119.